The third-order valence-corrected chi connectivity index (χ3v) is 5.19. The highest BCUT2D eigenvalue weighted by molar-refractivity contribution is 14.1. The van der Waals surface area contributed by atoms with Gasteiger partial charge >= 0.3 is 0 Å². The summed E-state index contributed by atoms with van der Waals surface area (Å²) in [6.45, 7) is 5.89. The molecule has 9 heteroatoms. The molecule has 3 rings (SSSR count). The molecule has 0 aliphatic heterocycles. The fourth-order valence-corrected chi connectivity index (χ4v) is 3.03. The van der Waals surface area contributed by atoms with E-state index in [4.69, 9.17) is 5.73 Å². The van der Waals surface area contributed by atoms with Crippen molar-refractivity contribution >= 4 is 51.2 Å². The van der Waals surface area contributed by atoms with Gasteiger partial charge in [0.2, 0.25) is 5.95 Å². The van der Waals surface area contributed by atoms with E-state index < -0.39 is 5.60 Å². The van der Waals surface area contributed by atoms with Gasteiger partial charge in [-0.15, -0.1) is 0 Å². The molecule has 0 saturated heterocycles. The molecule has 1 aromatic carbocycles. The zero-order valence-corrected chi connectivity index (χ0v) is 17.9. The van der Waals surface area contributed by atoms with Crippen molar-refractivity contribution in [3.05, 3.63) is 33.7 Å². The van der Waals surface area contributed by atoms with Crippen molar-refractivity contribution in [3.8, 4) is 0 Å². The molecule has 0 bridgehead atoms. The zero-order chi connectivity index (χ0) is 19.8. The topological polar surface area (TPSA) is 114 Å². The van der Waals surface area contributed by atoms with Gasteiger partial charge in [0.05, 0.1) is 18.0 Å². The first kappa shape index (κ1) is 19.6. The number of hydrogen-bond donors (Lipinski definition) is 4. The monoisotopic (exact) mass is 481 g/mol. The number of nitrogens with two attached hydrogens (primary N) is 1. The van der Waals surface area contributed by atoms with Crippen LogP contribution in [0.15, 0.2) is 24.5 Å². The maximum absolute atomic E-state index is 10.2. The molecule has 0 amide bonds. The van der Waals surface area contributed by atoms with E-state index in [-0.39, 0.29) is 6.04 Å². The van der Waals surface area contributed by atoms with Crippen LogP contribution in [0.3, 0.4) is 0 Å². The van der Waals surface area contributed by atoms with Crippen LogP contribution in [0.1, 0.15) is 26.3 Å². The van der Waals surface area contributed by atoms with E-state index in [0.717, 1.165) is 14.8 Å². The Bertz CT molecular complexity index is 964. The van der Waals surface area contributed by atoms with Crippen molar-refractivity contribution in [2.24, 2.45) is 7.05 Å². The van der Waals surface area contributed by atoms with Gasteiger partial charge in [0.1, 0.15) is 0 Å². The van der Waals surface area contributed by atoms with Gasteiger partial charge in [0.15, 0.2) is 17.0 Å². The maximum atomic E-state index is 10.2. The average molecular weight is 481 g/mol. The third kappa shape index (κ3) is 4.41. The number of hydrogen-bond acceptors (Lipinski definition) is 7. The maximum Gasteiger partial charge on any atom is 0.227 e. The number of anilines is 3. The highest BCUT2D eigenvalue weighted by atomic mass is 127. The van der Waals surface area contributed by atoms with Gasteiger partial charge in [-0.1, -0.05) is 0 Å². The zero-order valence-electron chi connectivity index (χ0n) is 15.8. The molecule has 1 atom stereocenters. The molecule has 0 spiro atoms. The van der Waals surface area contributed by atoms with Crippen molar-refractivity contribution in [2.75, 3.05) is 16.4 Å². The van der Waals surface area contributed by atoms with Crippen LogP contribution in [0, 0.1) is 3.57 Å². The number of nitrogen functional groups attached to an aromatic ring is 1. The summed E-state index contributed by atoms with van der Waals surface area (Å²) >= 11 is 2.26. The summed E-state index contributed by atoms with van der Waals surface area (Å²) in [5.41, 5.74) is 8.27. The number of aromatic nitrogens is 4. The number of rotatable bonds is 6. The van der Waals surface area contributed by atoms with Gasteiger partial charge in [-0.25, -0.2) is 4.98 Å². The van der Waals surface area contributed by atoms with E-state index in [2.05, 4.69) is 48.2 Å². The molecule has 0 aliphatic rings. The van der Waals surface area contributed by atoms with Crippen LogP contribution >= 0.6 is 22.6 Å². The lowest BCUT2D eigenvalue weighted by atomic mass is 10.0. The second kappa shape index (κ2) is 7.47. The molecule has 1 unspecified atom stereocenters. The average Bonchev–Trinajstić information content (AvgIpc) is 2.96. The Morgan fingerprint density at radius 2 is 2.07 bits per heavy atom. The largest absolute Gasteiger partial charge is 0.398 e. The molecule has 5 N–H and O–H groups in total. The van der Waals surface area contributed by atoms with Crippen molar-refractivity contribution in [1.82, 2.24) is 19.5 Å². The lowest BCUT2D eigenvalue weighted by Crippen LogP contribution is -2.39. The number of nitrogens with one attached hydrogen (secondary N) is 2. The number of nitrogens with zero attached hydrogens (tertiary/aromatic N) is 4. The summed E-state index contributed by atoms with van der Waals surface area (Å²) in [7, 11) is 1.88. The minimum atomic E-state index is -0.909. The standard InChI is InChI=1S/C18H24IN7O/c1-10(18(2,3)27)23-17-24-15(14-16(25-17)26(4)9-22-14)21-8-11-7-12(19)5-6-13(11)20/h5-7,9-10,27H,8,20H2,1-4H3,(H2,21,23,24,25). The van der Waals surface area contributed by atoms with Crippen LogP contribution in [0.2, 0.25) is 0 Å². The number of aliphatic hydroxyl groups is 1. The molecule has 144 valence electrons. The second-order valence-electron chi connectivity index (χ2n) is 7.14. The third-order valence-electron chi connectivity index (χ3n) is 4.52. The lowest BCUT2D eigenvalue weighted by Gasteiger charge is -2.26. The van der Waals surface area contributed by atoms with Gasteiger partial charge < -0.3 is 26.0 Å². The summed E-state index contributed by atoms with van der Waals surface area (Å²) in [5, 5.41) is 16.7. The minimum absolute atomic E-state index is 0.234. The van der Waals surface area contributed by atoms with Gasteiger partial charge in [0, 0.05) is 22.8 Å². The smallest absolute Gasteiger partial charge is 0.227 e. The van der Waals surface area contributed by atoms with Crippen LogP contribution in [-0.4, -0.2) is 36.3 Å². The predicted molar refractivity (Wildman–Crippen MR) is 117 cm³/mol. The Morgan fingerprint density at radius 1 is 1.33 bits per heavy atom. The first-order chi connectivity index (χ1) is 12.6. The second-order valence-corrected chi connectivity index (χ2v) is 8.39. The van der Waals surface area contributed by atoms with Gasteiger partial charge in [-0.05, 0) is 67.1 Å². The van der Waals surface area contributed by atoms with E-state index in [1.54, 1.807) is 20.2 Å². The molecule has 3 aromatic rings. The van der Waals surface area contributed by atoms with Crippen molar-refractivity contribution in [3.63, 3.8) is 0 Å². The van der Waals surface area contributed by atoms with E-state index in [1.807, 2.05) is 36.7 Å². The molecule has 0 fully saturated rings. The highest BCUT2D eigenvalue weighted by Crippen LogP contribution is 2.23. The summed E-state index contributed by atoms with van der Waals surface area (Å²) < 4.78 is 2.95. The molecule has 2 heterocycles. The number of imidazole rings is 1. The quantitative estimate of drug-likeness (QED) is 0.316. The Labute approximate surface area is 171 Å². The van der Waals surface area contributed by atoms with Crippen LogP contribution in [0.5, 0.6) is 0 Å². The van der Waals surface area contributed by atoms with Crippen molar-refractivity contribution < 1.29 is 5.11 Å². The highest BCUT2D eigenvalue weighted by Gasteiger charge is 2.23. The first-order valence-corrected chi connectivity index (χ1v) is 9.69. The molecule has 0 radical (unpaired) electrons. The molecular weight excluding hydrogens is 457 g/mol. The normalized spacial score (nSPS) is 13.0. The first-order valence-electron chi connectivity index (χ1n) is 8.61. The van der Waals surface area contributed by atoms with E-state index in [1.165, 1.54) is 0 Å². The van der Waals surface area contributed by atoms with Gasteiger partial charge in [0.25, 0.3) is 0 Å². The van der Waals surface area contributed by atoms with Crippen molar-refractivity contribution in [1.29, 1.82) is 0 Å². The number of aryl methyl sites for hydroxylation is 1. The Hall–Kier alpha value is -2.14. The predicted octanol–water partition coefficient (Wildman–Crippen LogP) is 2.73. The summed E-state index contributed by atoms with van der Waals surface area (Å²) in [4.78, 5) is 13.5. The Kier molecular flexibility index (Phi) is 5.43. The summed E-state index contributed by atoms with van der Waals surface area (Å²) in [5.74, 6) is 1.04. The minimum Gasteiger partial charge on any atom is -0.398 e. The fraction of sp³-hybridized carbons (Fsp3) is 0.389. The van der Waals surface area contributed by atoms with E-state index in [9.17, 15) is 5.11 Å². The molecular formula is C18H24IN7O. The van der Waals surface area contributed by atoms with Crippen molar-refractivity contribution in [2.45, 2.75) is 39.0 Å². The van der Waals surface area contributed by atoms with Gasteiger partial charge in [-0.2, -0.15) is 9.97 Å². The lowest BCUT2D eigenvalue weighted by molar-refractivity contribution is 0.0646. The fourth-order valence-electron chi connectivity index (χ4n) is 2.47. The SMILES string of the molecule is CC(Nc1nc(NCc2cc(I)ccc2N)c2ncn(C)c2n1)C(C)(C)O. The number of fused-ring (bicyclic) bond motifs is 1. The molecule has 0 saturated carbocycles. The summed E-state index contributed by atoms with van der Waals surface area (Å²) in [6, 6.07) is 5.67. The van der Waals surface area contributed by atoms with Gasteiger partial charge in [-0.3, -0.25) is 0 Å². The molecule has 0 aliphatic carbocycles. The Morgan fingerprint density at radius 3 is 2.78 bits per heavy atom. The number of halogens is 1. The van der Waals surface area contributed by atoms with Crippen LogP contribution in [0.25, 0.3) is 11.2 Å². The van der Waals surface area contributed by atoms with Crippen LogP contribution < -0.4 is 16.4 Å². The van der Waals surface area contributed by atoms with E-state index in [0.29, 0.717) is 29.5 Å². The number of benzene rings is 1. The van der Waals surface area contributed by atoms with Crippen LogP contribution in [0.4, 0.5) is 17.5 Å². The Balaban J connectivity index is 1.92. The summed E-state index contributed by atoms with van der Waals surface area (Å²) in [6.07, 6.45) is 1.70. The molecule has 8 nitrogen and oxygen atoms in total. The molecule has 2 aromatic heterocycles. The van der Waals surface area contributed by atoms with E-state index >= 15 is 0 Å². The van der Waals surface area contributed by atoms with Crippen LogP contribution in [-0.2, 0) is 13.6 Å². The molecule has 27 heavy (non-hydrogen) atoms.